The van der Waals surface area contributed by atoms with Crippen LogP contribution in [0.1, 0.15) is 0 Å². The SMILES string of the molecule is Cn1cnc2cc(Br)c(Cl)nc21. The zero-order valence-electron chi connectivity index (χ0n) is 6.25. The Morgan fingerprint density at radius 2 is 2.33 bits per heavy atom. The molecule has 0 aliphatic carbocycles. The van der Waals surface area contributed by atoms with Crippen molar-refractivity contribution in [1.29, 1.82) is 0 Å². The van der Waals surface area contributed by atoms with Crippen molar-refractivity contribution >= 4 is 38.7 Å². The van der Waals surface area contributed by atoms with Gasteiger partial charge in [0.05, 0.1) is 10.8 Å². The number of hydrogen-bond acceptors (Lipinski definition) is 2. The fourth-order valence-corrected chi connectivity index (χ4v) is 1.45. The molecular formula is C7H5BrClN3. The lowest BCUT2D eigenvalue weighted by molar-refractivity contribution is 0.930. The van der Waals surface area contributed by atoms with Gasteiger partial charge < -0.3 is 4.57 Å². The molecule has 0 unspecified atom stereocenters. The van der Waals surface area contributed by atoms with Crippen molar-refractivity contribution in [2.75, 3.05) is 0 Å². The molecule has 0 aromatic carbocycles. The van der Waals surface area contributed by atoms with E-state index >= 15 is 0 Å². The van der Waals surface area contributed by atoms with E-state index in [2.05, 4.69) is 25.9 Å². The molecule has 62 valence electrons. The van der Waals surface area contributed by atoms with Crippen molar-refractivity contribution in [3.8, 4) is 0 Å². The molecule has 0 atom stereocenters. The second-order valence-corrected chi connectivity index (χ2v) is 3.67. The molecule has 0 N–H and O–H groups in total. The summed E-state index contributed by atoms with van der Waals surface area (Å²) in [7, 11) is 1.88. The van der Waals surface area contributed by atoms with E-state index in [1.807, 2.05) is 17.7 Å². The summed E-state index contributed by atoms with van der Waals surface area (Å²) in [6.07, 6.45) is 1.71. The van der Waals surface area contributed by atoms with E-state index in [0.717, 1.165) is 15.6 Å². The molecular weight excluding hydrogens is 241 g/mol. The van der Waals surface area contributed by atoms with Gasteiger partial charge in [0, 0.05) is 7.05 Å². The summed E-state index contributed by atoms with van der Waals surface area (Å²) in [6.45, 7) is 0. The Balaban J connectivity index is 2.87. The van der Waals surface area contributed by atoms with E-state index < -0.39 is 0 Å². The highest BCUT2D eigenvalue weighted by Crippen LogP contribution is 2.23. The van der Waals surface area contributed by atoms with Gasteiger partial charge in [-0.1, -0.05) is 11.6 Å². The number of pyridine rings is 1. The molecule has 2 rings (SSSR count). The van der Waals surface area contributed by atoms with Crippen molar-refractivity contribution in [3.63, 3.8) is 0 Å². The fourth-order valence-electron chi connectivity index (χ4n) is 1.01. The fraction of sp³-hybridized carbons (Fsp3) is 0.143. The molecule has 0 spiro atoms. The van der Waals surface area contributed by atoms with Gasteiger partial charge in [-0.25, -0.2) is 9.97 Å². The van der Waals surface area contributed by atoms with Crippen LogP contribution in [0.2, 0.25) is 5.15 Å². The molecule has 0 fully saturated rings. The minimum absolute atomic E-state index is 0.464. The number of fused-ring (bicyclic) bond motifs is 1. The monoisotopic (exact) mass is 245 g/mol. The van der Waals surface area contributed by atoms with Crippen LogP contribution in [0, 0.1) is 0 Å². The van der Waals surface area contributed by atoms with Gasteiger partial charge in [-0.2, -0.15) is 0 Å². The number of halogens is 2. The molecule has 0 aliphatic rings. The topological polar surface area (TPSA) is 30.7 Å². The lowest BCUT2D eigenvalue weighted by atomic mass is 10.4. The summed E-state index contributed by atoms with van der Waals surface area (Å²) in [5.74, 6) is 0. The minimum atomic E-state index is 0.464. The number of imidazole rings is 1. The van der Waals surface area contributed by atoms with Crippen molar-refractivity contribution in [3.05, 3.63) is 22.0 Å². The second-order valence-electron chi connectivity index (χ2n) is 2.46. The Morgan fingerprint density at radius 3 is 3.08 bits per heavy atom. The van der Waals surface area contributed by atoms with E-state index in [9.17, 15) is 0 Å². The van der Waals surface area contributed by atoms with E-state index in [1.54, 1.807) is 6.33 Å². The van der Waals surface area contributed by atoms with Gasteiger partial charge in [0.15, 0.2) is 5.65 Å². The third-order valence-corrected chi connectivity index (χ3v) is 2.72. The largest absolute Gasteiger partial charge is 0.318 e. The first-order chi connectivity index (χ1) is 5.68. The molecule has 2 aromatic heterocycles. The predicted molar refractivity (Wildman–Crippen MR) is 51.2 cm³/mol. The van der Waals surface area contributed by atoms with Gasteiger partial charge in [0.2, 0.25) is 0 Å². The zero-order valence-corrected chi connectivity index (χ0v) is 8.59. The Hall–Kier alpha value is -0.610. The Bertz CT molecular complexity index is 437. The van der Waals surface area contributed by atoms with Crippen molar-refractivity contribution in [1.82, 2.24) is 14.5 Å². The summed E-state index contributed by atoms with van der Waals surface area (Å²) >= 11 is 9.10. The van der Waals surface area contributed by atoms with Gasteiger partial charge >= 0.3 is 0 Å². The maximum atomic E-state index is 5.82. The van der Waals surface area contributed by atoms with Gasteiger partial charge in [0.1, 0.15) is 10.7 Å². The van der Waals surface area contributed by atoms with Gasteiger partial charge in [-0.05, 0) is 22.0 Å². The van der Waals surface area contributed by atoms with Crippen LogP contribution in [0.5, 0.6) is 0 Å². The summed E-state index contributed by atoms with van der Waals surface area (Å²) in [6, 6.07) is 1.85. The van der Waals surface area contributed by atoms with Crippen LogP contribution in [0.15, 0.2) is 16.9 Å². The van der Waals surface area contributed by atoms with Crippen molar-refractivity contribution in [2.45, 2.75) is 0 Å². The molecule has 0 aliphatic heterocycles. The molecule has 0 bridgehead atoms. The number of aromatic nitrogens is 3. The highest BCUT2D eigenvalue weighted by molar-refractivity contribution is 9.10. The lowest BCUT2D eigenvalue weighted by Crippen LogP contribution is -1.88. The number of rotatable bonds is 0. The second kappa shape index (κ2) is 2.71. The van der Waals surface area contributed by atoms with Gasteiger partial charge in [0.25, 0.3) is 0 Å². The smallest absolute Gasteiger partial charge is 0.161 e. The summed E-state index contributed by atoms with van der Waals surface area (Å²) in [5, 5.41) is 0.464. The van der Waals surface area contributed by atoms with Crippen LogP contribution in [-0.2, 0) is 7.05 Å². The van der Waals surface area contributed by atoms with E-state index in [-0.39, 0.29) is 0 Å². The van der Waals surface area contributed by atoms with Crippen molar-refractivity contribution in [2.24, 2.45) is 7.05 Å². The Labute approximate surface area is 82.5 Å². The predicted octanol–water partition coefficient (Wildman–Crippen LogP) is 2.38. The van der Waals surface area contributed by atoms with E-state index in [0.29, 0.717) is 5.15 Å². The first-order valence-electron chi connectivity index (χ1n) is 3.31. The average Bonchev–Trinajstić information content (AvgIpc) is 2.35. The lowest BCUT2D eigenvalue weighted by Gasteiger charge is -1.95. The maximum Gasteiger partial charge on any atom is 0.161 e. The number of nitrogens with zero attached hydrogens (tertiary/aromatic N) is 3. The average molecular weight is 246 g/mol. The number of hydrogen-bond donors (Lipinski definition) is 0. The summed E-state index contributed by atoms with van der Waals surface area (Å²) < 4.78 is 2.60. The van der Waals surface area contributed by atoms with Crippen LogP contribution < -0.4 is 0 Å². The van der Waals surface area contributed by atoms with E-state index in [4.69, 9.17) is 11.6 Å². The number of aryl methyl sites for hydroxylation is 1. The minimum Gasteiger partial charge on any atom is -0.318 e. The molecule has 2 heterocycles. The molecule has 0 saturated heterocycles. The third kappa shape index (κ3) is 1.11. The Morgan fingerprint density at radius 1 is 1.58 bits per heavy atom. The van der Waals surface area contributed by atoms with Crippen LogP contribution in [0.4, 0.5) is 0 Å². The summed E-state index contributed by atoms with van der Waals surface area (Å²) in [4.78, 5) is 8.29. The quantitative estimate of drug-likeness (QED) is 0.668. The van der Waals surface area contributed by atoms with Gasteiger partial charge in [-0.3, -0.25) is 0 Å². The molecule has 0 saturated carbocycles. The first-order valence-corrected chi connectivity index (χ1v) is 4.48. The van der Waals surface area contributed by atoms with Crippen LogP contribution in [-0.4, -0.2) is 14.5 Å². The van der Waals surface area contributed by atoms with Crippen LogP contribution >= 0.6 is 27.5 Å². The maximum absolute atomic E-state index is 5.82. The molecule has 0 amide bonds. The van der Waals surface area contributed by atoms with Crippen LogP contribution in [0.25, 0.3) is 11.2 Å². The normalized spacial score (nSPS) is 10.9. The molecule has 12 heavy (non-hydrogen) atoms. The molecule has 0 radical (unpaired) electrons. The Kier molecular flexibility index (Phi) is 1.81. The molecule has 3 nitrogen and oxygen atoms in total. The van der Waals surface area contributed by atoms with Crippen molar-refractivity contribution < 1.29 is 0 Å². The molecule has 5 heteroatoms. The highest BCUT2D eigenvalue weighted by Gasteiger charge is 2.05. The highest BCUT2D eigenvalue weighted by atomic mass is 79.9. The van der Waals surface area contributed by atoms with E-state index in [1.165, 1.54) is 0 Å². The first kappa shape index (κ1) is 8.01. The molecule has 2 aromatic rings. The van der Waals surface area contributed by atoms with Gasteiger partial charge in [-0.15, -0.1) is 0 Å². The zero-order chi connectivity index (χ0) is 8.72. The summed E-state index contributed by atoms with van der Waals surface area (Å²) in [5.41, 5.74) is 1.64. The van der Waals surface area contributed by atoms with Crippen LogP contribution in [0.3, 0.4) is 0 Å². The third-order valence-electron chi connectivity index (χ3n) is 1.60. The standard InChI is InChI=1S/C7H5BrClN3/c1-12-3-10-5-2-4(8)6(9)11-7(5)12/h2-3H,1H3.